The Bertz CT molecular complexity index is 107. The fraction of sp³-hybridized carbons (Fsp3) is 1.00. The summed E-state index contributed by atoms with van der Waals surface area (Å²) in [7, 11) is 0. The fourth-order valence-corrected chi connectivity index (χ4v) is 2.70. The summed E-state index contributed by atoms with van der Waals surface area (Å²) in [4.78, 5) is 0. The summed E-state index contributed by atoms with van der Waals surface area (Å²) >= 11 is 2.00. The van der Waals surface area contributed by atoms with Crippen molar-refractivity contribution in [1.29, 1.82) is 0 Å². The highest BCUT2D eigenvalue weighted by atomic mass is 32.2. The number of thioether (sulfide) groups is 1. The number of rotatable bonds is 0. The summed E-state index contributed by atoms with van der Waals surface area (Å²) in [5.41, 5.74) is 0. The zero-order valence-corrected chi connectivity index (χ0v) is 7.49. The van der Waals surface area contributed by atoms with Gasteiger partial charge in [0.05, 0.1) is 13.2 Å². The van der Waals surface area contributed by atoms with Gasteiger partial charge in [0.25, 0.3) is 0 Å². The molecule has 0 atom stereocenters. The molecule has 0 aromatic carbocycles. The Morgan fingerprint density at radius 2 is 1.64 bits per heavy atom. The molecule has 2 nitrogen and oxygen atoms in total. The van der Waals surface area contributed by atoms with Gasteiger partial charge in [0.15, 0.2) is 5.79 Å². The molecule has 2 aliphatic heterocycles. The molecule has 0 bridgehead atoms. The predicted molar refractivity (Wildman–Crippen MR) is 45.8 cm³/mol. The summed E-state index contributed by atoms with van der Waals surface area (Å²) < 4.78 is 11.3. The van der Waals surface area contributed by atoms with E-state index in [2.05, 4.69) is 0 Å². The summed E-state index contributed by atoms with van der Waals surface area (Å²) in [6.07, 6.45) is 3.23. The molecule has 0 saturated carbocycles. The molecular weight excluding hydrogens is 160 g/mol. The highest BCUT2D eigenvalue weighted by molar-refractivity contribution is 7.99. The van der Waals surface area contributed by atoms with Crippen LogP contribution in [0.3, 0.4) is 0 Å². The van der Waals surface area contributed by atoms with E-state index in [4.69, 9.17) is 9.47 Å². The summed E-state index contributed by atoms with van der Waals surface area (Å²) in [6, 6.07) is 0. The average Bonchev–Trinajstić information content (AvgIpc) is 2.07. The van der Waals surface area contributed by atoms with Gasteiger partial charge in [0, 0.05) is 12.8 Å². The van der Waals surface area contributed by atoms with E-state index >= 15 is 0 Å². The van der Waals surface area contributed by atoms with Crippen LogP contribution >= 0.6 is 11.8 Å². The number of ether oxygens (including phenoxy) is 2. The van der Waals surface area contributed by atoms with Crippen LogP contribution in [-0.4, -0.2) is 30.5 Å². The van der Waals surface area contributed by atoms with Crippen molar-refractivity contribution in [1.82, 2.24) is 0 Å². The lowest BCUT2D eigenvalue weighted by Gasteiger charge is -2.39. The minimum atomic E-state index is -0.163. The minimum Gasteiger partial charge on any atom is -0.350 e. The lowest BCUT2D eigenvalue weighted by Crippen LogP contribution is -2.43. The molecule has 64 valence electrons. The Morgan fingerprint density at radius 1 is 1.00 bits per heavy atom. The van der Waals surface area contributed by atoms with Gasteiger partial charge in [0.2, 0.25) is 0 Å². The van der Waals surface area contributed by atoms with Crippen molar-refractivity contribution in [3.05, 3.63) is 0 Å². The second kappa shape index (κ2) is 3.33. The van der Waals surface area contributed by atoms with Crippen LogP contribution in [0.2, 0.25) is 0 Å². The zero-order chi connectivity index (χ0) is 7.57. The van der Waals surface area contributed by atoms with Crippen molar-refractivity contribution in [2.24, 2.45) is 0 Å². The molecule has 3 heteroatoms. The van der Waals surface area contributed by atoms with Crippen LogP contribution in [0, 0.1) is 0 Å². The second-order valence-electron chi connectivity index (χ2n) is 3.07. The van der Waals surface area contributed by atoms with E-state index < -0.39 is 0 Å². The van der Waals surface area contributed by atoms with Crippen LogP contribution in [0.4, 0.5) is 0 Å². The Balaban J connectivity index is 1.94. The van der Waals surface area contributed by atoms with E-state index in [9.17, 15) is 0 Å². The molecule has 2 heterocycles. The Kier molecular flexibility index (Phi) is 2.39. The summed E-state index contributed by atoms with van der Waals surface area (Å²) in [6.45, 7) is 1.79. The SMILES string of the molecule is C1COC2(CCSCC2)OC1. The van der Waals surface area contributed by atoms with Crippen LogP contribution in [0.25, 0.3) is 0 Å². The summed E-state index contributed by atoms with van der Waals surface area (Å²) in [5, 5.41) is 0. The van der Waals surface area contributed by atoms with Crippen molar-refractivity contribution in [2.75, 3.05) is 24.7 Å². The first-order valence-electron chi connectivity index (χ1n) is 4.27. The molecule has 2 aliphatic rings. The Morgan fingerprint density at radius 3 is 2.27 bits per heavy atom. The van der Waals surface area contributed by atoms with Gasteiger partial charge < -0.3 is 9.47 Å². The van der Waals surface area contributed by atoms with Gasteiger partial charge in [-0.1, -0.05) is 0 Å². The third kappa shape index (κ3) is 1.71. The molecule has 0 aromatic rings. The van der Waals surface area contributed by atoms with Crippen molar-refractivity contribution in [3.63, 3.8) is 0 Å². The van der Waals surface area contributed by atoms with Gasteiger partial charge in [-0.3, -0.25) is 0 Å². The third-order valence-electron chi connectivity index (χ3n) is 2.27. The maximum Gasteiger partial charge on any atom is 0.169 e. The van der Waals surface area contributed by atoms with Crippen LogP contribution in [0.5, 0.6) is 0 Å². The van der Waals surface area contributed by atoms with Crippen molar-refractivity contribution in [2.45, 2.75) is 25.0 Å². The minimum absolute atomic E-state index is 0.163. The van der Waals surface area contributed by atoms with E-state index in [-0.39, 0.29) is 5.79 Å². The Labute approximate surface area is 71.6 Å². The van der Waals surface area contributed by atoms with Gasteiger partial charge in [0.1, 0.15) is 0 Å². The topological polar surface area (TPSA) is 18.5 Å². The number of hydrogen-bond donors (Lipinski definition) is 0. The molecule has 0 aliphatic carbocycles. The van der Waals surface area contributed by atoms with Crippen LogP contribution in [0.15, 0.2) is 0 Å². The zero-order valence-electron chi connectivity index (χ0n) is 6.67. The van der Waals surface area contributed by atoms with Gasteiger partial charge >= 0.3 is 0 Å². The average molecular weight is 174 g/mol. The number of hydrogen-bond acceptors (Lipinski definition) is 3. The highest BCUT2D eigenvalue weighted by Gasteiger charge is 2.35. The molecule has 0 radical (unpaired) electrons. The molecule has 1 spiro atoms. The molecule has 2 fully saturated rings. The van der Waals surface area contributed by atoms with E-state index in [1.165, 1.54) is 11.5 Å². The van der Waals surface area contributed by atoms with Gasteiger partial charge in [-0.25, -0.2) is 0 Å². The maximum atomic E-state index is 5.67. The van der Waals surface area contributed by atoms with Gasteiger partial charge in [-0.2, -0.15) is 11.8 Å². The molecular formula is C8H14O2S. The van der Waals surface area contributed by atoms with E-state index in [0.29, 0.717) is 0 Å². The summed E-state index contributed by atoms with van der Waals surface area (Å²) in [5.74, 6) is 2.23. The standard InChI is InChI=1S/C8H14O2S/c1-4-9-8(10-5-1)2-6-11-7-3-8/h1-7H2. The lowest BCUT2D eigenvalue weighted by atomic mass is 10.1. The van der Waals surface area contributed by atoms with E-state index in [1.807, 2.05) is 11.8 Å². The first-order valence-corrected chi connectivity index (χ1v) is 5.42. The first-order chi connectivity index (χ1) is 5.41. The van der Waals surface area contributed by atoms with Crippen molar-refractivity contribution in [3.8, 4) is 0 Å². The molecule has 2 saturated heterocycles. The lowest BCUT2D eigenvalue weighted by molar-refractivity contribution is -0.269. The normalized spacial score (nSPS) is 30.5. The maximum absolute atomic E-state index is 5.67. The first kappa shape index (κ1) is 7.90. The predicted octanol–water partition coefficient (Wildman–Crippen LogP) is 1.65. The molecule has 11 heavy (non-hydrogen) atoms. The fourth-order valence-electron chi connectivity index (χ4n) is 1.59. The third-order valence-corrected chi connectivity index (χ3v) is 3.26. The smallest absolute Gasteiger partial charge is 0.169 e. The van der Waals surface area contributed by atoms with Crippen molar-refractivity contribution < 1.29 is 9.47 Å². The van der Waals surface area contributed by atoms with Gasteiger partial charge in [-0.05, 0) is 17.9 Å². The van der Waals surface area contributed by atoms with E-state index in [0.717, 1.165) is 32.5 Å². The quantitative estimate of drug-likeness (QED) is 0.556. The monoisotopic (exact) mass is 174 g/mol. The van der Waals surface area contributed by atoms with Gasteiger partial charge in [-0.15, -0.1) is 0 Å². The molecule has 0 amide bonds. The van der Waals surface area contributed by atoms with Crippen molar-refractivity contribution >= 4 is 11.8 Å². The van der Waals surface area contributed by atoms with Crippen LogP contribution < -0.4 is 0 Å². The van der Waals surface area contributed by atoms with Crippen LogP contribution in [-0.2, 0) is 9.47 Å². The molecule has 2 rings (SSSR count). The van der Waals surface area contributed by atoms with Crippen LogP contribution in [0.1, 0.15) is 19.3 Å². The van der Waals surface area contributed by atoms with E-state index in [1.54, 1.807) is 0 Å². The second-order valence-corrected chi connectivity index (χ2v) is 4.30. The Hall–Kier alpha value is 0.270. The highest BCUT2D eigenvalue weighted by Crippen LogP contribution is 2.33. The largest absolute Gasteiger partial charge is 0.350 e. The molecule has 0 unspecified atom stereocenters. The molecule has 0 aromatic heterocycles. The molecule has 0 N–H and O–H groups in total.